The zero-order chi connectivity index (χ0) is 94.5. The highest BCUT2D eigenvalue weighted by Gasteiger charge is 2.35. The number of nitrogens with two attached hydrogens (primary N) is 2. The zero-order valence-corrected chi connectivity index (χ0v) is 80.6. The van der Waals surface area contributed by atoms with Crippen LogP contribution in [0, 0.1) is 21.4 Å². The third-order valence-electron chi connectivity index (χ3n) is 22.9. The molecule has 28 nitrogen and oxygen atoms in total. The number of aryl methyl sites for hydroxylation is 7. The van der Waals surface area contributed by atoms with E-state index in [1.807, 2.05) is 121 Å². The van der Waals surface area contributed by atoms with Crippen molar-refractivity contribution in [2.75, 3.05) is 59.0 Å². The van der Waals surface area contributed by atoms with Crippen LogP contribution in [0.3, 0.4) is 0 Å². The summed E-state index contributed by atoms with van der Waals surface area (Å²) in [7, 11) is -3.49. The van der Waals surface area contributed by atoms with Crippen molar-refractivity contribution >= 4 is 158 Å². The fourth-order valence-electron chi connectivity index (χ4n) is 16.6. The highest BCUT2D eigenvalue weighted by molar-refractivity contribution is 8.00. The van der Waals surface area contributed by atoms with Crippen molar-refractivity contribution in [2.45, 2.75) is 91.9 Å². The van der Waals surface area contributed by atoms with Crippen LogP contribution in [0.15, 0.2) is 245 Å². The van der Waals surface area contributed by atoms with Gasteiger partial charge in [-0.2, -0.15) is 5.26 Å². The number of anilines is 11. The Bertz CT molecular complexity index is 7740. The molecule has 0 spiro atoms. The van der Waals surface area contributed by atoms with E-state index in [9.17, 15) is 37.3 Å². The maximum Gasteiger partial charge on any atom is 0.271 e. The van der Waals surface area contributed by atoms with Gasteiger partial charge < -0.3 is 46.9 Å². The number of rotatable bonds is 19. The first-order chi connectivity index (χ1) is 65.7. The summed E-state index contributed by atoms with van der Waals surface area (Å²) in [5.74, 6) is 4.31. The molecule has 0 amide bonds. The summed E-state index contributed by atoms with van der Waals surface area (Å²) in [4.78, 5) is 64.8. The van der Waals surface area contributed by atoms with Crippen LogP contribution < -0.4 is 46.9 Å². The molecule has 10 aromatic heterocycles. The number of benzene rings is 7. The summed E-state index contributed by atoms with van der Waals surface area (Å²) in [5.41, 5.74) is 30.5. The number of primary sulfonamides is 1. The van der Waals surface area contributed by atoms with Crippen LogP contribution in [0.4, 0.5) is 69.6 Å². The van der Waals surface area contributed by atoms with Crippen molar-refractivity contribution < 1.29 is 36.3 Å². The van der Waals surface area contributed by atoms with Crippen molar-refractivity contribution in [3.63, 3.8) is 0 Å². The van der Waals surface area contributed by atoms with Gasteiger partial charge in [-0.05, 0) is 240 Å². The van der Waals surface area contributed by atoms with E-state index < -0.39 is 24.8 Å². The summed E-state index contributed by atoms with van der Waals surface area (Å²) < 4.78 is 58.2. The van der Waals surface area contributed by atoms with E-state index in [1.165, 1.54) is 87.8 Å². The Morgan fingerprint density at radius 2 is 0.963 bits per heavy atom. The van der Waals surface area contributed by atoms with Crippen LogP contribution >= 0.6 is 68.4 Å². The van der Waals surface area contributed by atoms with Gasteiger partial charge in [0.15, 0.2) is 9.84 Å². The molecule has 0 fully saturated rings. The Balaban J connectivity index is 0.000000114. The number of aromatic hydroxyl groups is 1. The lowest BCUT2D eigenvalue weighted by atomic mass is 9.77. The van der Waals surface area contributed by atoms with Gasteiger partial charge in [-0.1, -0.05) is 74.5 Å². The molecule has 17 aromatic rings. The second kappa shape index (κ2) is 39.7. The van der Waals surface area contributed by atoms with Gasteiger partial charge in [0.25, 0.3) is 5.69 Å². The van der Waals surface area contributed by atoms with Crippen LogP contribution in [-0.4, -0.2) is 103 Å². The summed E-state index contributed by atoms with van der Waals surface area (Å²) in [6.45, 7) is 4.46. The number of nitro benzene ring substituents is 1. The lowest BCUT2D eigenvalue weighted by molar-refractivity contribution is -0.384. The predicted molar refractivity (Wildman–Crippen MR) is 545 cm³/mol. The van der Waals surface area contributed by atoms with Gasteiger partial charge in [-0.3, -0.25) is 10.1 Å². The van der Waals surface area contributed by atoms with Crippen molar-refractivity contribution in [2.24, 2.45) is 5.14 Å². The molecule has 684 valence electrons. The van der Waals surface area contributed by atoms with E-state index in [1.54, 1.807) is 109 Å². The lowest BCUT2D eigenvalue weighted by Crippen LogP contribution is -2.24. The van der Waals surface area contributed by atoms with E-state index in [-0.39, 0.29) is 27.5 Å². The Morgan fingerprint density at radius 3 is 1.49 bits per heavy atom. The minimum absolute atomic E-state index is 0.00111. The van der Waals surface area contributed by atoms with Crippen molar-refractivity contribution in [3.8, 4) is 100 Å². The third kappa shape index (κ3) is 21.1. The number of non-ortho nitro benzene ring substituents is 1. The molecule has 136 heavy (non-hydrogen) atoms. The fraction of sp³-hybridized carbons (Fsp3) is 0.170. The van der Waals surface area contributed by atoms with E-state index in [0.717, 1.165) is 185 Å². The Hall–Kier alpha value is -14.3. The third-order valence-corrected chi connectivity index (χ3v) is 31.7. The van der Waals surface area contributed by atoms with Gasteiger partial charge in [0.1, 0.15) is 28.2 Å². The molecule has 0 saturated heterocycles. The monoisotopic (exact) mass is 1950 g/mol. The highest BCUT2D eigenvalue weighted by atomic mass is 32.2. The first kappa shape index (κ1) is 92.2. The summed E-state index contributed by atoms with van der Waals surface area (Å²) in [6, 6.07) is 61.6. The van der Waals surface area contributed by atoms with Crippen LogP contribution in [-0.2, 0) is 88.8 Å². The minimum atomic E-state index is -3.76. The number of sulfonamides is 1. The number of thiophene rings is 5. The predicted octanol–water partition coefficient (Wildman–Crippen LogP) is 22.3. The number of nitrogens with zero attached hydrogens (tertiary/aromatic N) is 12. The van der Waals surface area contributed by atoms with Crippen LogP contribution in [0.5, 0.6) is 17.2 Å². The maximum absolute atomic E-state index is 11.6. The minimum Gasteiger partial charge on any atom is -0.508 e. The lowest BCUT2D eigenvalue weighted by Gasteiger charge is -2.30. The Kier molecular flexibility index (Phi) is 26.9. The molecule has 0 unspecified atom stereocenters. The summed E-state index contributed by atoms with van der Waals surface area (Å²) >= 11 is 10.3. The number of hydrogen-bond acceptors (Lipinski definition) is 32. The Morgan fingerprint density at radius 1 is 0.507 bits per heavy atom. The molecule has 36 heteroatoms. The number of nitrogen functional groups attached to an aromatic ring is 1. The molecular formula is C100H87N19O9S8. The standard InChI is InChI=1S/C25H23N3O3S2.C23H20N4OS.C18H18N4O2S2.C18H14N4OS2.C16H12N4O2S/c1-31-20-8-4-6-17(12-20)23-13-21-22(32-23)10-9-18-14-26-25(28-24(18)21)27-19-7-3-5-16(11-19)15-33(2,29)30;1-28-18-7-2-4-14(10-18)21-12-19-20(29-21)9-8-15-13-25-23(27-22(15)19)26-17-6-3-5-16(24)11-17;1-18(2)9-11-10-20-17(22-15(11)14-6-7-25-16(14)18)21-12-4-3-5-13(8-12)26(19,23)24;1-24-17-15-13(14(8-19)25-17)6-5-10-9-20-18(22-16(10)15)21-11-3-2-4-12(23)7-11;21-20(22)12-3-1-2-11(8-12)18-16-17-9-10-4-5-14-13(6-7-23-14)15(10)19-16/h3-8,11-14H,9-10,15H2,1-2H3,(H,26,27,28);2-7,10-13H,8-9,24H2,1H3,(H,25,26,27);3-8,10H,9H2,1-2H3,(H2,19,23,24)(H,20,21,22);2-4,7,9,23H,5-6H2,1H3,(H,20,21,22);1-3,6-9H,4-5H2,(H,17,18,19). The Labute approximate surface area is 808 Å². The fourth-order valence-corrected chi connectivity index (χ4v) is 24.1. The molecule has 0 saturated carbocycles. The van der Waals surface area contributed by atoms with E-state index >= 15 is 0 Å². The number of nitro groups is 1. The number of sulfone groups is 1. The van der Waals surface area contributed by atoms with E-state index in [2.05, 4.69) is 141 Å². The number of phenols is 1. The number of aromatic nitrogens is 10. The molecule has 0 bridgehead atoms. The van der Waals surface area contributed by atoms with Crippen LogP contribution in [0.1, 0.15) is 77.2 Å². The van der Waals surface area contributed by atoms with Gasteiger partial charge >= 0.3 is 0 Å². The first-order valence-corrected chi connectivity index (χ1v) is 52.0. The number of nitrogens with one attached hydrogen (secondary N) is 5. The normalized spacial score (nSPS) is 12.9. The highest BCUT2D eigenvalue weighted by Crippen LogP contribution is 2.50. The molecule has 10 N–H and O–H groups in total. The van der Waals surface area contributed by atoms with Crippen molar-refractivity contribution in [3.05, 3.63) is 309 Å². The number of hydrogen-bond donors (Lipinski definition) is 8. The first-order valence-electron chi connectivity index (χ1n) is 42.9. The number of thioether (sulfide) groups is 1. The van der Waals surface area contributed by atoms with Crippen LogP contribution in [0.2, 0.25) is 0 Å². The van der Waals surface area contributed by atoms with Crippen molar-refractivity contribution in [1.82, 2.24) is 49.8 Å². The molecule has 0 radical (unpaired) electrons. The summed E-state index contributed by atoms with van der Waals surface area (Å²) in [6.07, 6.45) is 21.0. The molecule has 10 heterocycles. The van der Waals surface area contributed by atoms with Gasteiger partial charge in [0.05, 0.1) is 62.5 Å². The number of phenolic OH excluding ortho intramolecular Hbond substituents is 1. The van der Waals surface area contributed by atoms with Gasteiger partial charge in [0, 0.05) is 152 Å². The SMILES string of the molecule is CC1(C)Cc2cnc(Nc3cccc(S(N)(=O)=O)c3)nc2-c2ccsc21.COc1cccc(-c2cc3c(s2)CCc2cnc(Nc4cccc(CS(C)(=O)=O)c4)nc2-3)c1.COc1cccc(-c2cc3c(s2)CCc2cnc(Nc4cccc(N)c4)nc2-3)c1.CSc1sc(C#N)c2c1-c1nc(Nc3cccc(O)c3)ncc1CC2.O=[N+]([O-])c1cccc(Nc2ncc3c(n2)-c2ccsc2CC3)c1. The topological polar surface area (TPSA) is 415 Å². The average molecular weight is 1960 g/mol. The number of fused-ring (bicyclic) bond motifs is 15. The van der Waals surface area contributed by atoms with Crippen molar-refractivity contribution in [1.29, 1.82) is 5.26 Å². The maximum atomic E-state index is 11.6. The van der Waals surface area contributed by atoms with Gasteiger partial charge in [-0.25, -0.2) is 71.8 Å². The molecule has 5 aliphatic rings. The van der Waals surface area contributed by atoms with E-state index in [4.69, 9.17) is 35.3 Å². The zero-order valence-electron chi connectivity index (χ0n) is 74.1. The van der Waals surface area contributed by atoms with Gasteiger partial charge in [-0.15, -0.1) is 68.4 Å². The summed E-state index contributed by atoms with van der Waals surface area (Å²) in [5, 5.41) is 55.0. The second-order valence-electron chi connectivity index (χ2n) is 33.0. The number of ether oxygens (including phenoxy) is 2. The smallest absolute Gasteiger partial charge is 0.271 e. The quantitative estimate of drug-likeness (QED) is 0.0161. The number of methoxy groups -OCH3 is 2. The average Bonchev–Trinajstić information content (AvgIpc) is 1.46. The molecular weight excluding hydrogens is 1870 g/mol. The molecule has 5 aliphatic carbocycles. The molecule has 0 aliphatic heterocycles. The second-order valence-corrected chi connectivity index (χ2v) is 43.0. The number of nitriles is 1. The largest absolute Gasteiger partial charge is 0.508 e. The van der Waals surface area contributed by atoms with E-state index in [0.29, 0.717) is 46.8 Å². The molecule has 22 rings (SSSR count). The molecule has 7 aromatic carbocycles. The van der Waals surface area contributed by atoms with Gasteiger partial charge in [0.2, 0.25) is 39.8 Å². The van der Waals surface area contributed by atoms with Crippen LogP contribution in [0.25, 0.3) is 77.2 Å². The molecule has 0 atom stereocenters.